The van der Waals surface area contributed by atoms with Crippen LogP contribution < -0.4 is 0 Å². The Bertz CT molecular complexity index is 367. The fraction of sp³-hybridized carbons (Fsp3) is 0.500. The Balaban J connectivity index is 2.06. The number of likely N-dealkylation sites (tertiary alicyclic amines) is 1. The molecule has 16 heavy (non-hydrogen) atoms. The fourth-order valence-corrected chi connectivity index (χ4v) is 1.97. The minimum absolute atomic E-state index is 0.0423. The van der Waals surface area contributed by atoms with Crippen molar-refractivity contribution >= 4 is 5.91 Å². The van der Waals surface area contributed by atoms with Crippen LogP contribution in [0.25, 0.3) is 0 Å². The van der Waals surface area contributed by atoms with Gasteiger partial charge in [0.25, 0.3) is 5.91 Å². The van der Waals surface area contributed by atoms with Gasteiger partial charge in [0, 0.05) is 19.3 Å². The highest BCUT2D eigenvalue weighted by molar-refractivity contribution is 5.92. The third-order valence-electron chi connectivity index (χ3n) is 3.03. The molecule has 0 bridgehead atoms. The third kappa shape index (κ3) is 2.22. The van der Waals surface area contributed by atoms with Gasteiger partial charge in [-0.2, -0.15) is 0 Å². The summed E-state index contributed by atoms with van der Waals surface area (Å²) >= 11 is 0. The SMILES string of the molecule is CC1CN(C(=O)c2ccccn2)CCC1O. The molecule has 1 aliphatic rings. The summed E-state index contributed by atoms with van der Waals surface area (Å²) in [6.45, 7) is 3.18. The summed E-state index contributed by atoms with van der Waals surface area (Å²) in [7, 11) is 0. The predicted octanol–water partition coefficient (Wildman–Crippen LogP) is 0.924. The van der Waals surface area contributed by atoms with E-state index < -0.39 is 0 Å². The molecular formula is C12H16N2O2. The van der Waals surface area contributed by atoms with Crippen molar-refractivity contribution in [1.29, 1.82) is 0 Å². The summed E-state index contributed by atoms with van der Waals surface area (Å²) in [5, 5.41) is 9.59. The molecule has 0 aromatic carbocycles. The number of nitrogens with zero attached hydrogens (tertiary/aromatic N) is 2. The van der Waals surface area contributed by atoms with Crippen molar-refractivity contribution < 1.29 is 9.90 Å². The number of aromatic nitrogens is 1. The molecule has 2 rings (SSSR count). The van der Waals surface area contributed by atoms with Crippen LogP contribution in [0, 0.1) is 5.92 Å². The van der Waals surface area contributed by atoms with Crippen LogP contribution in [0.3, 0.4) is 0 Å². The van der Waals surface area contributed by atoms with Crippen LogP contribution in [0.5, 0.6) is 0 Å². The van der Waals surface area contributed by atoms with E-state index in [1.54, 1.807) is 23.2 Å². The summed E-state index contributed by atoms with van der Waals surface area (Å²) in [5.74, 6) is 0.0979. The molecule has 1 aliphatic heterocycles. The fourth-order valence-electron chi connectivity index (χ4n) is 1.97. The molecule has 1 amide bonds. The number of aliphatic hydroxyl groups is 1. The van der Waals surface area contributed by atoms with E-state index in [2.05, 4.69) is 4.98 Å². The summed E-state index contributed by atoms with van der Waals surface area (Å²) in [6, 6.07) is 5.32. The second kappa shape index (κ2) is 4.61. The lowest BCUT2D eigenvalue weighted by Crippen LogP contribution is -2.45. The van der Waals surface area contributed by atoms with Gasteiger partial charge in [-0.3, -0.25) is 9.78 Å². The molecule has 0 radical (unpaired) electrons. The van der Waals surface area contributed by atoms with Crippen molar-refractivity contribution in [2.45, 2.75) is 19.4 Å². The quantitative estimate of drug-likeness (QED) is 0.765. The number of amides is 1. The normalized spacial score (nSPS) is 25.5. The van der Waals surface area contributed by atoms with Gasteiger partial charge >= 0.3 is 0 Å². The Morgan fingerprint density at radius 2 is 2.38 bits per heavy atom. The second-order valence-corrected chi connectivity index (χ2v) is 4.30. The maximum Gasteiger partial charge on any atom is 0.272 e. The van der Waals surface area contributed by atoms with E-state index in [1.807, 2.05) is 13.0 Å². The molecule has 1 N–H and O–H groups in total. The zero-order chi connectivity index (χ0) is 11.5. The molecule has 1 saturated heterocycles. The van der Waals surface area contributed by atoms with Gasteiger partial charge in [0.05, 0.1) is 6.10 Å². The first-order valence-corrected chi connectivity index (χ1v) is 5.57. The molecule has 4 heteroatoms. The van der Waals surface area contributed by atoms with E-state index in [9.17, 15) is 9.90 Å². The van der Waals surface area contributed by atoms with Gasteiger partial charge in [0.1, 0.15) is 5.69 Å². The smallest absolute Gasteiger partial charge is 0.272 e. The first-order valence-electron chi connectivity index (χ1n) is 5.57. The van der Waals surface area contributed by atoms with Gasteiger partial charge in [-0.15, -0.1) is 0 Å². The van der Waals surface area contributed by atoms with Gasteiger partial charge in [-0.25, -0.2) is 0 Å². The van der Waals surface area contributed by atoms with E-state index in [-0.39, 0.29) is 17.9 Å². The highest BCUT2D eigenvalue weighted by Crippen LogP contribution is 2.17. The largest absolute Gasteiger partial charge is 0.393 e. The van der Waals surface area contributed by atoms with Crippen LogP contribution in [-0.4, -0.2) is 40.1 Å². The Labute approximate surface area is 94.9 Å². The molecule has 1 aromatic heterocycles. The van der Waals surface area contributed by atoms with Gasteiger partial charge in [-0.1, -0.05) is 13.0 Å². The van der Waals surface area contributed by atoms with E-state index >= 15 is 0 Å². The van der Waals surface area contributed by atoms with Gasteiger partial charge in [0.15, 0.2) is 0 Å². The summed E-state index contributed by atoms with van der Waals surface area (Å²) in [4.78, 5) is 17.8. The van der Waals surface area contributed by atoms with Crippen LogP contribution in [0.1, 0.15) is 23.8 Å². The highest BCUT2D eigenvalue weighted by Gasteiger charge is 2.27. The average molecular weight is 220 g/mol. The van der Waals surface area contributed by atoms with Crippen molar-refractivity contribution in [1.82, 2.24) is 9.88 Å². The summed E-state index contributed by atoms with van der Waals surface area (Å²) in [6.07, 6.45) is 1.99. The van der Waals surface area contributed by atoms with Crippen LogP contribution in [0.2, 0.25) is 0 Å². The monoisotopic (exact) mass is 220 g/mol. The Morgan fingerprint density at radius 1 is 1.56 bits per heavy atom. The lowest BCUT2D eigenvalue weighted by molar-refractivity contribution is 0.0294. The number of rotatable bonds is 1. The molecule has 0 saturated carbocycles. The molecule has 2 unspecified atom stereocenters. The van der Waals surface area contributed by atoms with Gasteiger partial charge in [-0.05, 0) is 24.5 Å². The molecule has 86 valence electrons. The maximum atomic E-state index is 12.0. The van der Waals surface area contributed by atoms with Crippen molar-refractivity contribution in [3.63, 3.8) is 0 Å². The number of piperidine rings is 1. The molecule has 0 aliphatic carbocycles. The zero-order valence-electron chi connectivity index (χ0n) is 9.34. The molecular weight excluding hydrogens is 204 g/mol. The second-order valence-electron chi connectivity index (χ2n) is 4.30. The lowest BCUT2D eigenvalue weighted by atomic mass is 9.96. The molecule has 0 spiro atoms. The minimum Gasteiger partial charge on any atom is -0.393 e. The van der Waals surface area contributed by atoms with Crippen LogP contribution >= 0.6 is 0 Å². The number of hydrogen-bond donors (Lipinski definition) is 1. The minimum atomic E-state index is -0.284. The molecule has 4 nitrogen and oxygen atoms in total. The Morgan fingerprint density at radius 3 is 3.00 bits per heavy atom. The van der Waals surface area contributed by atoms with E-state index in [0.29, 0.717) is 25.2 Å². The number of pyridine rings is 1. The van der Waals surface area contributed by atoms with Crippen LogP contribution in [-0.2, 0) is 0 Å². The zero-order valence-corrected chi connectivity index (χ0v) is 9.34. The Kier molecular flexibility index (Phi) is 3.19. The third-order valence-corrected chi connectivity index (χ3v) is 3.03. The molecule has 1 aromatic rings. The van der Waals surface area contributed by atoms with Crippen molar-refractivity contribution in [2.24, 2.45) is 5.92 Å². The van der Waals surface area contributed by atoms with E-state index in [1.165, 1.54) is 0 Å². The maximum absolute atomic E-state index is 12.0. The van der Waals surface area contributed by atoms with Crippen molar-refractivity contribution in [3.05, 3.63) is 30.1 Å². The van der Waals surface area contributed by atoms with Crippen LogP contribution in [0.4, 0.5) is 0 Å². The Hall–Kier alpha value is -1.42. The molecule has 2 atom stereocenters. The first-order chi connectivity index (χ1) is 7.68. The number of hydrogen-bond acceptors (Lipinski definition) is 3. The van der Waals surface area contributed by atoms with E-state index in [4.69, 9.17) is 0 Å². The first kappa shape index (κ1) is 11.1. The highest BCUT2D eigenvalue weighted by atomic mass is 16.3. The average Bonchev–Trinajstić information content (AvgIpc) is 2.33. The number of aliphatic hydroxyl groups excluding tert-OH is 1. The van der Waals surface area contributed by atoms with Crippen molar-refractivity contribution in [2.75, 3.05) is 13.1 Å². The van der Waals surface area contributed by atoms with Crippen molar-refractivity contribution in [3.8, 4) is 0 Å². The van der Waals surface area contributed by atoms with Gasteiger partial charge < -0.3 is 10.0 Å². The molecule has 2 heterocycles. The van der Waals surface area contributed by atoms with Crippen LogP contribution in [0.15, 0.2) is 24.4 Å². The van der Waals surface area contributed by atoms with E-state index in [0.717, 1.165) is 0 Å². The molecule has 1 fully saturated rings. The predicted molar refractivity (Wildman–Crippen MR) is 59.9 cm³/mol. The summed E-state index contributed by atoms with van der Waals surface area (Å²) < 4.78 is 0. The van der Waals surface area contributed by atoms with Gasteiger partial charge in [0.2, 0.25) is 0 Å². The standard InChI is InChI=1S/C12H16N2O2/c1-9-8-14(7-5-11(9)15)12(16)10-4-2-3-6-13-10/h2-4,6,9,11,15H,5,7-8H2,1H3. The topological polar surface area (TPSA) is 53.4 Å². The number of carbonyl (C=O) groups is 1. The lowest BCUT2D eigenvalue weighted by Gasteiger charge is -2.34. The number of carbonyl (C=O) groups excluding carboxylic acids is 1. The summed E-state index contributed by atoms with van der Waals surface area (Å²) in [5.41, 5.74) is 0.478.